The van der Waals surface area contributed by atoms with E-state index in [2.05, 4.69) is 24.0 Å². The van der Waals surface area contributed by atoms with Crippen molar-refractivity contribution < 1.29 is 47.6 Å². The van der Waals surface area contributed by atoms with Crippen LogP contribution >= 0.6 is 24.2 Å². The van der Waals surface area contributed by atoms with E-state index in [1.54, 1.807) is 53.4 Å². The smallest absolute Gasteiger partial charge is 0.335 e. The summed E-state index contributed by atoms with van der Waals surface area (Å²) in [6.45, 7) is 0.894. The van der Waals surface area contributed by atoms with Crippen molar-refractivity contribution in [2.45, 2.75) is 18.0 Å². The summed E-state index contributed by atoms with van der Waals surface area (Å²) in [5.41, 5.74) is 3.13. The van der Waals surface area contributed by atoms with E-state index in [0.717, 1.165) is 11.1 Å². The molecule has 8 nitrogen and oxygen atoms in total. The standard InChI is InChI=1S/C24H20ClN3O3.C6HF5S.2H2O/c25-21-9-5-18(6-10-21)14-27-15-23(29)28(16-19-3-1-17(13-26)2-4-19)22-11-7-20(8-12-22)24(30)31;7-1-2(8)4(10)6(12)5(11)3(1)9;;/h1-12,27H,14-16H2,(H,30,31);12H;2*1H2. The molecule has 4 rings (SSSR count). The maximum absolute atomic E-state index is 13.0. The minimum Gasteiger partial charge on any atom is -0.478 e. The fourth-order valence-corrected chi connectivity index (χ4v) is 3.90. The van der Waals surface area contributed by atoms with Gasteiger partial charge in [-0.15, -0.1) is 12.6 Å². The molecule has 0 aliphatic carbocycles. The van der Waals surface area contributed by atoms with Gasteiger partial charge >= 0.3 is 5.97 Å². The van der Waals surface area contributed by atoms with Crippen molar-refractivity contribution in [3.05, 3.63) is 129 Å². The second-order valence-electron chi connectivity index (χ2n) is 8.79. The molecule has 1 amide bonds. The van der Waals surface area contributed by atoms with Gasteiger partial charge in [-0.25, -0.2) is 26.7 Å². The molecule has 0 saturated carbocycles. The normalized spacial score (nSPS) is 9.91. The van der Waals surface area contributed by atoms with Crippen LogP contribution in [0.2, 0.25) is 5.02 Å². The van der Waals surface area contributed by atoms with Crippen LogP contribution in [0.1, 0.15) is 27.0 Å². The highest BCUT2D eigenvalue weighted by Gasteiger charge is 2.23. The summed E-state index contributed by atoms with van der Waals surface area (Å²) in [7, 11) is 0. The number of nitriles is 1. The number of thiol groups is 1. The van der Waals surface area contributed by atoms with Gasteiger partial charge in [0.2, 0.25) is 11.7 Å². The molecule has 0 radical (unpaired) electrons. The van der Waals surface area contributed by atoms with Gasteiger partial charge in [-0.2, -0.15) is 5.26 Å². The number of nitrogens with zero attached hydrogens (tertiary/aromatic N) is 2. The van der Waals surface area contributed by atoms with Crippen molar-refractivity contribution in [3.63, 3.8) is 0 Å². The van der Waals surface area contributed by atoms with E-state index in [9.17, 15) is 31.5 Å². The number of carboxylic acid groups (broad SMARTS) is 1. The summed E-state index contributed by atoms with van der Waals surface area (Å²) in [5, 5.41) is 21.9. The molecule has 0 unspecified atom stereocenters. The minimum atomic E-state index is -2.18. The van der Waals surface area contributed by atoms with Crippen LogP contribution in [-0.4, -0.2) is 34.5 Å². The Morgan fingerprint density at radius 1 is 0.800 bits per heavy atom. The second kappa shape index (κ2) is 17.7. The summed E-state index contributed by atoms with van der Waals surface area (Å²) in [5.74, 6) is -11.2. The number of carbonyl (C=O) groups excluding carboxylic acids is 1. The van der Waals surface area contributed by atoms with Crippen molar-refractivity contribution in [2.24, 2.45) is 0 Å². The predicted molar refractivity (Wildman–Crippen MR) is 160 cm³/mol. The highest BCUT2D eigenvalue weighted by molar-refractivity contribution is 7.80. The molecule has 15 heteroatoms. The molecular formula is C30H25ClF5N3O5S. The molecule has 0 saturated heterocycles. The van der Waals surface area contributed by atoms with Gasteiger partial charge in [0.1, 0.15) is 0 Å². The Bertz CT molecular complexity index is 1550. The molecule has 0 atom stereocenters. The number of anilines is 1. The first-order valence-corrected chi connectivity index (χ1v) is 13.0. The molecule has 0 bridgehead atoms. The van der Waals surface area contributed by atoms with E-state index in [1.165, 1.54) is 12.1 Å². The van der Waals surface area contributed by atoms with Crippen LogP contribution in [0.4, 0.5) is 27.6 Å². The third kappa shape index (κ3) is 10.3. The Kier molecular flexibility index (Phi) is 15.1. The summed E-state index contributed by atoms with van der Waals surface area (Å²) in [6.07, 6.45) is 0. The fourth-order valence-electron chi connectivity index (χ4n) is 3.58. The summed E-state index contributed by atoms with van der Waals surface area (Å²) < 4.78 is 61.3. The van der Waals surface area contributed by atoms with Gasteiger partial charge in [-0.05, 0) is 59.7 Å². The van der Waals surface area contributed by atoms with Crippen LogP contribution in [0.25, 0.3) is 0 Å². The average molecular weight is 670 g/mol. The Balaban J connectivity index is 0.000000612. The van der Waals surface area contributed by atoms with Crippen LogP contribution in [0, 0.1) is 40.4 Å². The zero-order valence-corrected chi connectivity index (χ0v) is 24.6. The Labute approximate surface area is 264 Å². The van der Waals surface area contributed by atoms with Gasteiger partial charge in [0, 0.05) is 17.3 Å². The Morgan fingerprint density at radius 3 is 1.78 bits per heavy atom. The van der Waals surface area contributed by atoms with Crippen LogP contribution < -0.4 is 10.2 Å². The summed E-state index contributed by atoms with van der Waals surface area (Å²) >= 11 is 9.00. The third-order valence-corrected chi connectivity index (χ3v) is 6.50. The second-order valence-corrected chi connectivity index (χ2v) is 9.67. The number of carbonyl (C=O) groups is 2. The maximum atomic E-state index is 13.0. The number of aromatic carboxylic acids is 1. The fraction of sp³-hybridized carbons (Fsp3) is 0.100. The molecule has 4 aromatic carbocycles. The molecular weight excluding hydrogens is 645 g/mol. The first-order chi connectivity index (χ1) is 20.4. The highest BCUT2D eigenvalue weighted by atomic mass is 35.5. The number of nitrogens with one attached hydrogen (secondary N) is 1. The quantitative estimate of drug-likeness (QED) is 0.101. The minimum absolute atomic E-state index is 0. The molecule has 45 heavy (non-hydrogen) atoms. The van der Waals surface area contributed by atoms with E-state index >= 15 is 0 Å². The van der Waals surface area contributed by atoms with Crippen molar-refractivity contribution in [2.75, 3.05) is 11.4 Å². The van der Waals surface area contributed by atoms with Gasteiger partial charge in [0.05, 0.1) is 35.2 Å². The van der Waals surface area contributed by atoms with Crippen LogP contribution in [-0.2, 0) is 17.9 Å². The number of hydrogen-bond acceptors (Lipinski definition) is 5. The largest absolute Gasteiger partial charge is 0.478 e. The highest BCUT2D eigenvalue weighted by Crippen LogP contribution is 2.25. The predicted octanol–water partition coefficient (Wildman–Crippen LogP) is 5.25. The number of benzene rings is 4. The van der Waals surface area contributed by atoms with E-state index in [4.69, 9.17) is 22.0 Å². The van der Waals surface area contributed by atoms with E-state index in [1.807, 2.05) is 12.1 Å². The lowest BCUT2D eigenvalue weighted by Gasteiger charge is -2.23. The molecule has 0 spiro atoms. The molecule has 4 aromatic rings. The van der Waals surface area contributed by atoms with Crippen LogP contribution in [0.3, 0.4) is 0 Å². The lowest BCUT2D eigenvalue weighted by molar-refractivity contribution is -0.118. The number of halogens is 6. The van der Waals surface area contributed by atoms with Crippen molar-refractivity contribution in [1.82, 2.24) is 5.32 Å². The number of amides is 1. The van der Waals surface area contributed by atoms with Gasteiger partial charge < -0.3 is 26.3 Å². The molecule has 238 valence electrons. The van der Waals surface area contributed by atoms with Crippen molar-refractivity contribution in [1.29, 1.82) is 5.26 Å². The third-order valence-electron chi connectivity index (χ3n) is 5.86. The van der Waals surface area contributed by atoms with Gasteiger partial charge in [0.25, 0.3) is 0 Å². The Hall–Kier alpha value is -4.52. The van der Waals surface area contributed by atoms with E-state index in [-0.39, 0.29) is 29.0 Å². The lowest BCUT2D eigenvalue weighted by atomic mass is 10.1. The summed E-state index contributed by atoms with van der Waals surface area (Å²) in [4.78, 5) is 24.6. The number of rotatable bonds is 8. The van der Waals surface area contributed by atoms with Gasteiger partial charge in [0.15, 0.2) is 23.3 Å². The van der Waals surface area contributed by atoms with E-state index in [0.29, 0.717) is 29.4 Å². The molecule has 6 N–H and O–H groups in total. The molecule has 0 aromatic heterocycles. The first kappa shape index (κ1) is 38.5. The zero-order chi connectivity index (χ0) is 31.7. The Morgan fingerprint density at radius 2 is 1.29 bits per heavy atom. The summed E-state index contributed by atoms with van der Waals surface area (Å²) in [6, 6.07) is 22.6. The molecule has 0 fully saturated rings. The maximum Gasteiger partial charge on any atom is 0.335 e. The van der Waals surface area contributed by atoms with Crippen molar-refractivity contribution >= 4 is 41.8 Å². The van der Waals surface area contributed by atoms with Gasteiger partial charge in [-0.3, -0.25) is 4.79 Å². The molecule has 0 aliphatic rings. The lowest BCUT2D eigenvalue weighted by Crippen LogP contribution is -2.37. The van der Waals surface area contributed by atoms with Crippen molar-refractivity contribution in [3.8, 4) is 6.07 Å². The zero-order valence-electron chi connectivity index (χ0n) is 22.9. The first-order valence-electron chi connectivity index (χ1n) is 12.2. The monoisotopic (exact) mass is 669 g/mol. The molecule has 0 aliphatic heterocycles. The average Bonchev–Trinajstić information content (AvgIpc) is 3.02. The SMILES string of the molecule is Fc1c(F)c(F)c(S)c(F)c1F.N#Cc1ccc(CN(C(=O)CNCc2ccc(Cl)cc2)c2ccc(C(=O)O)cc2)cc1.O.O. The van der Waals surface area contributed by atoms with Crippen LogP contribution in [0.15, 0.2) is 77.7 Å². The van der Waals surface area contributed by atoms with Gasteiger partial charge in [-0.1, -0.05) is 35.9 Å². The number of carboxylic acids is 1. The van der Waals surface area contributed by atoms with E-state index < -0.39 is 40.0 Å². The van der Waals surface area contributed by atoms with Crippen LogP contribution in [0.5, 0.6) is 0 Å². The number of hydrogen-bond donors (Lipinski definition) is 3. The topological polar surface area (TPSA) is 156 Å². The molecule has 0 heterocycles.